The zero-order chi connectivity index (χ0) is 23.7. The Morgan fingerprint density at radius 2 is 1.68 bits per heavy atom. The fourth-order valence-electron chi connectivity index (χ4n) is 5.31. The number of aromatic nitrogens is 1. The van der Waals surface area contributed by atoms with Crippen LogP contribution in [0.2, 0.25) is 0 Å². The summed E-state index contributed by atoms with van der Waals surface area (Å²) in [5, 5.41) is 3.00. The summed E-state index contributed by atoms with van der Waals surface area (Å²) < 4.78 is 0. The molecule has 5 rings (SSSR count). The second kappa shape index (κ2) is 8.91. The molecule has 2 amide bonds. The summed E-state index contributed by atoms with van der Waals surface area (Å²) in [5.74, 6) is 0.0166. The van der Waals surface area contributed by atoms with Crippen molar-refractivity contribution in [3.8, 4) is 0 Å². The van der Waals surface area contributed by atoms with E-state index in [0.29, 0.717) is 25.3 Å². The maximum atomic E-state index is 13.8. The number of carbonyl (C=O) groups is 2. The van der Waals surface area contributed by atoms with E-state index in [0.717, 1.165) is 23.1 Å². The minimum absolute atomic E-state index is 0.122. The Balaban J connectivity index is 1.36. The highest BCUT2D eigenvalue weighted by molar-refractivity contribution is 5.97. The van der Waals surface area contributed by atoms with Gasteiger partial charge in [-0.25, -0.2) is 4.98 Å². The van der Waals surface area contributed by atoms with Crippen LogP contribution in [0.3, 0.4) is 0 Å². The van der Waals surface area contributed by atoms with Gasteiger partial charge in [0.2, 0.25) is 11.8 Å². The lowest BCUT2D eigenvalue weighted by Crippen LogP contribution is -2.55. The van der Waals surface area contributed by atoms with Gasteiger partial charge in [0.15, 0.2) is 0 Å². The van der Waals surface area contributed by atoms with E-state index in [4.69, 9.17) is 11.5 Å². The number of nitrogens with one attached hydrogen (secondary N) is 1. The number of nitrogen functional groups attached to an aromatic ring is 1. The SMILES string of the molecule is Nc1ccc(CNC(=O)[C@]23C[C@H]2CCN3C(=O)[C@H](N)C(c2ccccc2)c2ccccc2)cn1. The van der Waals surface area contributed by atoms with E-state index in [9.17, 15) is 9.59 Å². The number of amides is 2. The van der Waals surface area contributed by atoms with Gasteiger partial charge >= 0.3 is 0 Å². The summed E-state index contributed by atoms with van der Waals surface area (Å²) in [7, 11) is 0. The van der Waals surface area contributed by atoms with Crippen LogP contribution in [0.25, 0.3) is 0 Å². The van der Waals surface area contributed by atoms with E-state index in [2.05, 4.69) is 10.3 Å². The van der Waals surface area contributed by atoms with E-state index in [1.54, 1.807) is 17.2 Å². The van der Waals surface area contributed by atoms with Crippen LogP contribution in [0.1, 0.15) is 35.4 Å². The molecule has 2 heterocycles. The van der Waals surface area contributed by atoms with Crippen molar-refractivity contribution in [2.75, 3.05) is 12.3 Å². The summed E-state index contributed by atoms with van der Waals surface area (Å²) in [4.78, 5) is 32.9. The predicted octanol–water partition coefficient (Wildman–Crippen LogP) is 2.43. The third-order valence-corrected chi connectivity index (χ3v) is 7.18. The number of nitrogens with two attached hydrogens (primary N) is 2. The number of carbonyl (C=O) groups excluding carboxylic acids is 2. The third-order valence-electron chi connectivity index (χ3n) is 7.18. The number of hydrogen-bond acceptors (Lipinski definition) is 5. The van der Waals surface area contributed by atoms with E-state index in [-0.39, 0.29) is 23.7 Å². The molecule has 3 aromatic rings. The number of rotatable bonds is 7. The first-order chi connectivity index (χ1) is 16.5. The number of benzene rings is 2. The molecule has 0 radical (unpaired) electrons. The highest BCUT2D eigenvalue weighted by Crippen LogP contribution is 2.56. The molecule has 2 aromatic carbocycles. The van der Waals surface area contributed by atoms with Crippen molar-refractivity contribution in [2.24, 2.45) is 11.7 Å². The topological polar surface area (TPSA) is 114 Å². The van der Waals surface area contributed by atoms with E-state index in [1.807, 2.05) is 66.7 Å². The molecule has 0 spiro atoms. The summed E-state index contributed by atoms with van der Waals surface area (Å²) in [6.45, 7) is 0.885. The number of fused-ring (bicyclic) bond motifs is 1. The second-order valence-corrected chi connectivity index (χ2v) is 9.20. The number of pyridine rings is 1. The number of anilines is 1. The van der Waals surface area contributed by atoms with Gasteiger partial charge in [0.25, 0.3) is 0 Å². The van der Waals surface area contributed by atoms with Gasteiger partial charge in [0.05, 0.1) is 6.04 Å². The average Bonchev–Trinajstić information content (AvgIpc) is 3.49. The van der Waals surface area contributed by atoms with Crippen LogP contribution < -0.4 is 16.8 Å². The average molecular weight is 456 g/mol. The monoisotopic (exact) mass is 455 g/mol. The molecule has 0 bridgehead atoms. The maximum Gasteiger partial charge on any atom is 0.246 e. The smallest absolute Gasteiger partial charge is 0.246 e. The Hall–Kier alpha value is -3.71. The first-order valence-electron chi connectivity index (χ1n) is 11.7. The van der Waals surface area contributed by atoms with Crippen molar-refractivity contribution >= 4 is 17.6 Å². The Morgan fingerprint density at radius 1 is 1.03 bits per heavy atom. The summed E-state index contributed by atoms with van der Waals surface area (Å²) in [6.07, 6.45) is 3.14. The molecule has 174 valence electrons. The van der Waals surface area contributed by atoms with E-state index in [1.165, 1.54) is 0 Å². The highest BCUT2D eigenvalue weighted by atomic mass is 16.2. The minimum Gasteiger partial charge on any atom is -0.384 e. The molecule has 1 aliphatic carbocycles. The van der Waals surface area contributed by atoms with E-state index >= 15 is 0 Å². The summed E-state index contributed by atoms with van der Waals surface area (Å²) in [6, 6.07) is 22.5. The van der Waals surface area contributed by atoms with Crippen LogP contribution in [0.15, 0.2) is 79.0 Å². The molecule has 5 N–H and O–H groups in total. The molecule has 0 unspecified atom stereocenters. The lowest BCUT2D eigenvalue weighted by Gasteiger charge is -2.33. The van der Waals surface area contributed by atoms with Crippen LogP contribution in [0.5, 0.6) is 0 Å². The van der Waals surface area contributed by atoms with Crippen molar-refractivity contribution in [1.82, 2.24) is 15.2 Å². The van der Waals surface area contributed by atoms with Crippen molar-refractivity contribution in [1.29, 1.82) is 0 Å². The first kappa shape index (κ1) is 22.1. The molecular formula is C27H29N5O2. The fourth-order valence-corrected chi connectivity index (χ4v) is 5.31. The molecular weight excluding hydrogens is 426 g/mol. The van der Waals surface area contributed by atoms with Crippen molar-refractivity contribution in [2.45, 2.75) is 36.9 Å². The standard InChI is InChI=1S/C27H29N5O2/c28-22-12-11-18(16-30-22)17-31-26(34)27-15-21(27)13-14-32(27)25(33)24(29)23(19-7-3-1-4-8-19)20-9-5-2-6-10-20/h1-12,16,21,23-24H,13-15,17,29H2,(H2,28,30)(H,31,34)/t21-,24-,27+/m1/s1. The van der Waals surface area contributed by atoms with Crippen LogP contribution in [0, 0.1) is 5.92 Å². The quantitative estimate of drug-likeness (QED) is 0.506. The predicted molar refractivity (Wildman–Crippen MR) is 130 cm³/mol. The number of likely N-dealkylation sites (tertiary alicyclic amines) is 1. The zero-order valence-electron chi connectivity index (χ0n) is 18.9. The zero-order valence-corrected chi connectivity index (χ0v) is 18.9. The molecule has 1 saturated heterocycles. The molecule has 7 heteroatoms. The van der Waals surface area contributed by atoms with Crippen LogP contribution in [-0.4, -0.2) is 39.8 Å². The van der Waals surface area contributed by atoms with Crippen LogP contribution in [-0.2, 0) is 16.1 Å². The van der Waals surface area contributed by atoms with Gasteiger partial charge in [-0.3, -0.25) is 9.59 Å². The Morgan fingerprint density at radius 3 is 2.24 bits per heavy atom. The molecule has 1 aromatic heterocycles. The van der Waals surface area contributed by atoms with Gasteiger partial charge in [0.1, 0.15) is 11.4 Å². The third kappa shape index (κ3) is 3.92. The van der Waals surface area contributed by atoms with Crippen molar-refractivity contribution in [3.05, 3.63) is 95.7 Å². The molecule has 3 atom stereocenters. The lowest BCUT2D eigenvalue weighted by molar-refractivity contribution is -0.142. The van der Waals surface area contributed by atoms with Crippen LogP contribution >= 0.6 is 0 Å². The summed E-state index contributed by atoms with van der Waals surface area (Å²) >= 11 is 0. The Labute approximate surface area is 199 Å². The molecule has 2 fully saturated rings. The molecule has 2 aliphatic rings. The largest absolute Gasteiger partial charge is 0.384 e. The van der Waals surface area contributed by atoms with E-state index < -0.39 is 11.6 Å². The van der Waals surface area contributed by atoms with Crippen molar-refractivity contribution < 1.29 is 9.59 Å². The van der Waals surface area contributed by atoms with Gasteiger partial charge < -0.3 is 21.7 Å². The lowest BCUT2D eigenvalue weighted by atomic mass is 9.84. The number of nitrogens with zero attached hydrogens (tertiary/aromatic N) is 2. The maximum absolute atomic E-state index is 13.8. The van der Waals surface area contributed by atoms with Gasteiger partial charge in [0, 0.05) is 25.2 Å². The minimum atomic E-state index is -0.798. The van der Waals surface area contributed by atoms with Gasteiger partial charge in [-0.2, -0.15) is 0 Å². The number of hydrogen-bond donors (Lipinski definition) is 3. The fraction of sp³-hybridized carbons (Fsp3) is 0.296. The van der Waals surface area contributed by atoms with Crippen molar-refractivity contribution in [3.63, 3.8) is 0 Å². The highest BCUT2D eigenvalue weighted by Gasteiger charge is 2.68. The van der Waals surface area contributed by atoms with Crippen LogP contribution in [0.4, 0.5) is 5.82 Å². The Bertz CT molecular complexity index is 1130. The first-order valence-corrected chi connectivity index (χ1v) is 11.7. The molecule has 1 saturated carbocycles. The van der Waals surface area contributed by atoms with Gasteiger partial charge in [-0.15, -0.1) is 0 Å². The molecule has 34 heavy (non-hydrogen) atoms. The number of piperidine rings is 1. The molecule has 1 aliphatic heterocycles. The van der Waals surface area contributed by atoms with Gasteiger partial charge in [-0.1, -0.05) is 66.7 Å². The normalized spacial score (nSPS) is 21.7. The summed E-state index contributed by atoms with van der Waals surface area (Å²) in [5.41, 5.74) is 14.3. The second-order valence-electron chi connectivity index (χ2n) is 9.20. The Kier molecular flexibility index (Phi) is 5.79. The van der Waals surface area contributed by atoms with Gasteiger partial charge in [-0.05, 0) is 41.5 Å². The molecule has 7 nitrogen and oxygen atoms in total.